The Labute approximate surface area is 159 Å². The summed E-state index contributed by atoms with van der Waals surface area (Å²) in [5, 5.41) is 0. The molecule has 3 aromatic rings. The maximum atomic E-state index is 13.1. The maximum absolute atomic E-state index is 13.1. The third kappa shape index (κ3) is 4.02. The van der Waals surface area contributed by atoms with E-state index in [1.807, 2.05) is 0 Å². The minimum absolute atomic E-state index is 0.134. The van der Waals surface area contributed by atoms with Gasteiger partial charge in [-0.25, -0.2) is 12.8 Å². The van der Waals surface area contributed by atoms with Crippen LogP contribution in [0.15, 0.2) is 69.3 Å². The zero-order valence-electron chi connectivity index (χ0n) is 14.2. The number of halogens is 1. The molecule has 10 heteroatoms. The molecule has 0 N–H and O–H groups in total. The van der Waals surface area contributed by atoms with Gasteiger partial charge in [-0.05, 0) is 42.5 Å². The Morgan fingerprint density at radius 2 is 1.74 bits per heavy atom. The fourth-order valence-corrected chi connectivity index (χ4v) is 5.43. The van der Waals surface area contributed by atoms with Gasteiger partial charge in [-0.2, -0.15) is 8.42 Å². The molecule has 0 fully saturated rings. The van der Waals surface area contributed by atoms with Crippen LogP contribution in [0.4, 0.5) is 4.39 Å². The Morgan fingerprint density at radius 1 is 1.11 bits per heavy atom. The number of rotatable bonds is 5. The zero-order chi connectivity index (χ0) is 19.8. The van der Waals surface area contributed by atoms with Gasteiger partial charge in [0.05, 0.1) is 20.0 Å². The molecule has 0 aliphatic heterocycles. The van der Waals surface area contributed by atoms with Crippen LogP contribution in [-0.4, -0.2) is 27.7 Å². The first-order valence-corrected chi connectivity index (χ1v) is 11.8. The van der Waals surface area contributed by atoms with Crippen LogP contribution in [0.25, 0.3) is 10.2 Å². The summed E-state index contributed by atoms with van der Waals surface area (Å²) in [6.07, 6.45) is 2.68. The molecule has 0 saturated heterocycles. The van der Waals surface area contributed by atoms with E-state index in [0.717, 1.165) is 41.9 Å². The Morgan fingerprint density at radius 3 is 2.33 bits per heavy atom. The average molecular weight is 427 g/mol. The highest BCUT2D eigenvalue weighted by Gasteiger charge is 2.16. The van der Waals surface area contributed by atoms with Gasteiger partial charge in [-0.1, -0.05) is 17.4 Å². The van der Waals surface area contributed by atoms with E-state index in [2.05, 4.69) is 11.0 Å². The standard InChI is InChI=1S/C17H15FN2O4S3/c1-3-10-20-15-9-8-14(26(2,21)22)11-16(15)25-17(20)19-27(23,24)13-6-4-12(18)5-7-13/h3-9,11H,1,10H2,2H3/b19-17-. The second kappa shape index (κ2) is 7.02. The van der Waals surface area contributed by atoms with Gasteiger partial charge >= 0.3 is 0 Å². The summed E-state index contributed by atoms with van der Waals surface area (Å²) < 4.78 is 67.8. The molecule has 27 heavy (non-hydrogen) atoms. The second-order valence-electron chi connectivity index (χ2n) is 5.71. The smallest absolute Gasteiger partial charge is 0.285 e. The SMILES string of the molecule is C=CCn1/c(=N/S(=O)(=O)c2ccc(F)cc2)sc2cc(S(C)(=O)=O)ccc21. The first-order chi connectivity index (χ1) is 12.6. The topological polar surface area (TPSA) is 85.6 Å². The Hall–Kier alpha value is -2.30. The van der Waals surface area contributed by atoms with Crippen LogP contribution in [-0.2, 0) is 26.4 Å². The monoisotopic (exact) mass is 426 g/mol. The van der Waals surface area contributed by atoms with Gasteiger partial charge in [0.2, 0.25) is 4.80 Å². The van der Waals surface area contributed by atoms with E-state index >= 15 is 0 Å². The molecule has 1 aromatic heterocycles. The first kappa shape index (κ1) is 19.5. The summed E-state index contributed by atoms with van der Waals surface area (Å²) in [6, 6.07) is 8.92. The highest BCUT2D eigenvalue weighted by atomic mass is 32.2. The van der Waals surface area contributed by atoms with Crippen molar-refractivity contribution in [3.05, 3.63) is 65.7 Å². The van der Waals surface area contributed by atoms with Gasteiger partial charge in [-0.3, -0.25) is 0 Å². The number of aromatic nitrogens is 1. The molecule has 0 aliphatic rings. The Bertz CT molecular complexity index is 1300. The number of allylic oxidation sites excluding steroid dienone is 1. The number of hydrogen-bond acceptors (Lipinski definition) is 5. The molecule has 2 aromatic carbocycles. The molecule has 0 bridgehead atoms. The molecule has 142 valence electrons. The molecule has 0 amide bonds. The number of sulfonamides is 1. The third-order valence-corrected chi connectivity index (χ3v) is 7.25. The first-order valence-electron chi connectivity index (χ1n) is 7.63. The molecule has 0 saturated carbocycles. The lowest BCUT2D eigenvalue weighted by Crippen LogP contribution is -2.16. The van der Waals surface area contributed by atoms with Gasteiger partial charge in [0.1, 0.15) is 5.82 Å². The van der Waals surface area contributed by atoms with Crippen LogP contribution in [0.5, 0.6) is 0 Å². The number of sulfone groups is 1. The van der Waals surface area contributed by atoms with E-state index in [1.54, 1.807) is 16.7 Å². The van der Waals surface area contributed by atoms with Crippen LogP contribution in [0, 0.1) is 5.82 Å². The van der Waals surface area contributed by atoms with Crippen molar-refractivity contribution in [3.8, 4) is 0 Å². The highest BCUT2D eigenvalue weighted by molar-refractivity contribution is 7.90. The number of nitrogens with zero attached hydrogens (tertiary/aromatic N) is 2. The van der Waals surface area contributed by atoms with Gasteiger partial charge in [0.15, 0.2) is 9.84 Å². The minimum atomic E-state index is -4.06. The molecule has 0 spiro atoms. The second-order valence-corrected chi connectivity index (χ2v) is 10.3. The van der Waals surface area contributed by atoms with Crippen molar-refractivity contribution < 1.29 is 21.2 Å². The van der Waals surface area contributed by atoms with E-state index < -0.39 is 25.7 Å². The molecule has 6 nitrogen and oxygen atoms in total. The van der Waals surface area contributed by atoms with Crippen molar-refractivity contribution in [3.63, 3.8) is 0 Å². The molecular formula is C17H15FN2O4S3. The summed E-state index contributed by atoms with van der Waals surface area (Å²) >= 11 is 1.05. The lowest BCUT2D eigenvalue weighted by Gasteiger charge is -2.03. The highest BCUT2D eigenvalue weighted by Crippen LogP contribution is 2.22. The van der Waals surface area contributed by atoms with Gasteiger partial charge < -0.3 is 4.57 Å². The quantitative estimate of drug-likeness (QED) is 0.587. The van der Waals surface area contributed by atoms with Crippen molar-refractivity contribution in [1.82, 2.24) is 4.57 Å². The van der Waals surface area contributed by atoms with Crippen LogP contribution in [0.3, 0.4) is 0 Å². The Kier molecular flexibility index (Phi) is 5.06. The van der Waals surface area contributed by atoms with Crippen molar-refractivity contribution >= 4 is 41.4 Å². The summed E-state index contributed by atoms with van der Waals surface area (Å²) in [6.45, 7) is 3.95. The van der Waals surface area contributed by atoms with E-state index in [4.69, 9.17) is 0 Å². The summed E-state index contributed by atoms with van der Waals surface area (Å²) in [5.74, 6) is -0.550. The number of hydrogen-bond donors (Lipinski definition) is 0. The fraction of sp³-hybridized carbons (Fsp3) is 0.118. The van der Waals surface area contributed by atoms with Gasteiger partial charge in [-0.15, -0.1) is 11.0 Å². The lowest BCUT2D eigenvalue weighted by molar-refractivity contribution is 0.594. The summed E-state index contributed by atoms with van der Waals surface area (Å²) in [5.41, 5.74) is 0.639. The number of thiazole rings is 1. The summed E-state index contributed by atoms with van der Waals surface area (Å²) in [4.78, 5) is 0.165. The van der Waals surface area contributed by atoms with Crippen molar-refractivity contribution in [1.29, 1.82) is 0 Å². The predicted molar refractivity (Wildman–Crippen MR) is 102 cm³/mol. The van der Waals surface area contributed by atoms with E-state index in [0.29, 0.717) is 10.2 Å². The van der Waals surface area contributed by atoms with Gasteiger partial charge in [0.25, 0.3) is 10.0 Å². The predicted octanol–water partition coefficient (Wildman–Crippen LogP) is 2.72. The molecule has 0 atom stereocenters. The normalized spacial score (nSPS) is 13.2. The molecule has 0 radical (unpaired) electrons. The van der Waals surface area contributed by atoms with E-state index in [9.17, 15) is 21.2 Å². The molecule has 0 aliphatic carbocycles. The van der Waals surface area contributed by atoms with Gasteiger partial charge in [0, 0.05) is 12.8 Å². The fourth-order valence-electron chi connectivity index (χ4n) is 2.42. The van der Waals surface area contributed by atoms with Crippen molar-refractivity contribution in [2.45, 2.75) is 16.3 Å². The molecule has 1 heterocycles. The molecular weight excluding hydrogens is 411 g/mol. The summed E-state index contributed by atoms with van der Waals surface area (Å²) in [7, 11) is -7.46. The average Bonchev–Trinajstić information content (AvgIpc) is 2.91. The molecule has 3 rings (SSSR count). The van der Waals surface area contributed by atoms with E-state index in [1.165, 1.54) is 12.1 Å². The van der Waals surface area contributed by atoms with Crippen LogP contribution >= 0.6 is 11.3 Å². The maximum Gasteiger partial charge on any atom is 0.285 e. The van der Waals surface area contributed by atoms with Crippen LogP contribution in [0.1, 0.15) is 0 Å². The lowest BCUT2D eigenvalue weighted by atomic mass is 10.3. The Balaban J connectivity index is 2.26. The minimum Gasteiger partial charge on any atom is -0.312 e. The number of fused-ring (bicyclic) bond motifs is 1. The van der Waals surface area contributed by atoms with Crippen molar-refractivity contribution in [2.24, 2.45) is 4.40 Å². The third-order valence-electron chi connectivity index (χ3n) is 3.70. The largest absolute Gasteiger partial charge is 0.312 e. The molecule has 0 unspecified atom stereocenters. The van der Waals surface area contributed by atoms with Crippen LogP contribution < -0.4 is 4.80 Å². The number of benzene rings is 2. The van der Waals surface area contributed by atoms with Crippen LogP contribution in [0.2, 0.25) is 0 Å². The zero-order valence-corrected chi connectivity index (χ0v) is 16.6. The van der Waals surface area contributed by atoms with Crippen molar-refractivity contribution in [2.75, 3.05) is 6.26 Å². The van der Waals surface area contributed by atoms with E-state index in [-0.39, 0.29) is 21.1 Å².